The van der Waals surface area contributed by atoms with Gasteiger partial charge in [0.1, 0.15) is 6.04 Å². The van der Waals surface area contributed by atoms with Gasteiger partial charge in [-0.25, -0.2) is 13.9 Å². The monoisotopic (exact) mass is 354 g/mol. The van der Waals surface area contributed by atoms with Crippen LogP contribution >= 0.6 is 0 Å². The number of nitrogens with one attached hydrogen (secondary N) is 1. The highest BCUT2D eigenvalue weighted by atomic mass is 32.2. The van der Waals surface area contributed by atoms with E-state index in [1.807, 2.05) is 0 Å². The molecule has 10 heteroatoms. The fourth-order valence-electron chi connectivity index (χ4n) is 2.06. The molecule has 0 aliphatic carbocycles. The third-order valence-electron chi connectivity index (χ3n) is 3.10. The third-order valence-corrected chi connectivity index (χ3v) is 4.66. The summed E-state index contributed by atoms with van der Waals surface area (Å²) in [4.78, 5) is 11.7. The van der Waals surface area contributed by atoms with Crippen LogP contribution in [0.1, 0.15) is 19.4 Å². The molecule has 0 fully saturated rings. The molecule has 1 amide bonds. The van der Waals surface area contributed by atoms with Crippen LogP contribution < -0.4 is 5.48 Å². The van der Waals surface area contributed by atoms with Crippen molar-refractivity contribution in [3.8, 4) is 0 Å². The molecule has 0 radical (unpaired) electrons. The number of sulfonamides is 1. The van der Waals surface area contributed by atoms with E-state index in [0.29, 0.717) is 0 Å². The highest BCUT2D eigenvalue weighted by Crippen LogP contribution is 2.31. The van der Waals surface area contributed by atoms with Crippen molar-refractivity contribution < 1.29 is 31.6 Å². The van der Waals surface area contributed by atoms with E-state index in [1.165, 1.54) is 43.6 Å². The molecule has 1 atom stereocenters. The smallest absolute Gasteiger partial charge is 0.289 e. The minimum atomic E-state index is -5.77. The molecule has 0 heterocycles. The highest BCUT2D eigenvalue weighted by molar-refractivity contribution is 7.90. The van der Waals surface area contributed by atoms with E-state index in [4.69, 9.17) is 5.21 Å². The van der Waals surface area contributed by atoms with E-state index in [1.54, 1.807) is 6.07 Å². The predicted octanol–water partition coefficient (Wildman–Crippen LogP) is 1.87. The van der Waals surface area contributed by atoms with Crippen molar-refractivity contribution in [2.24, 2.45) is 5.92 Å². The summed E-state index contributed by atoms with van der Waals surface area (Å²) in [6.45, 7) is 2.10. The van der Waals surface area contributed by atoms with Gasteiger partial charge in [0, 0.05) is 6.54 Å². The Morgan fingerprint density at radius 3 is 2.17 bits per heavy atom. The molecule has 0 unspecified atom stereocenters. The maximum atomic E-state index is 13.0. The van der Waals surface area contributed by atoms with Crippen LogP contribution in [0, 0.1) is 5.92 Å². The lowest BCUT2D eigenvalue weighted by atomic mass is 10.0. The van der Waals surface area contributed by atoms with Crippen molar-refractivity contribution in [1.82, 2.24) is 9.79 Å². The number of benzene rings is 1. The number of carbonyl (C=O) groups is 1. The van der Waals surface area contributed by atoms with Crippen molar-refractivity contribution in [3.63, 3.8) is 0 Å². The first-order valence-corrected chi connectivity index (χ1v) is 8.02. The molecular formula is C13H17F3N2O4S. The average molecular weight is 354 g/mol. The Morgan fingerprint density at radius 1 is 1.26 bits per heavy atom. The van der Waals surface area contributed by atoms with Gasteiger partial charge in [0.05, 0.1) is 0 Å². The molecule has 2 N–H and O–H groups in total. The minimum Gasteiger partial charge on any atom is -0.289 e. The molecule has 0 aromatic heterocycles. The lowest BCUT2D eigenvalue weighted by Gasteiger charge is -2.32. The molecule has 6 nitrogen and oxygen atoms in total. The summed E-state index contributed by atoms with van der Waals surface area (Å²) in [6.07, 6.45) is 0. The largest absolute Gasteiger partial charge is 0.511 e. The van der Waals surface area contributed by atoms with Crippen molar-refractivity contribution in [3.05, 3.63) is 35.9 Å². The van der Waals surface area contributed by atoms with Crippen molar-refractivity contribution in [1.29, 1.82) is 0 Å². The van der Waals surface area contributed by atoms with Crippen LogP contribution in [-0.4, -0.2) is 35.4 Å². The van der Waals surface area contributed by atoms with Gasteiger partial charge < -0.3 is 0 Å². The first-order valence-electron chi connectivity index (χ1n) is 6.58. The summed E-state index contributed by atoms with van der Waals surface area (Å²) in [6, 6.07) is 5.84. The summed E-state index contributed by atoms with van der Waals surface area (Å²) in [5.41, 5.74) is -4.07. The summed E-state index contributed by atoms with van der Waals surface area (Å²) in [5, 5.41) is 8.74. The average Bonchev–Trinajstić information content (AvgIpc) is 2.45. The van der Waals surface area contributed by atoms with Gasteiger partial charge in [0.15, 0.2) is 0 Å². The van der Waals surface area contributed by atoms with Crippen molar-refractivity contribution >= 4 is 15.9 Å². The van der Waals surface area contributed by atoms with Crippen LogP contribution in [0.4, 0.5) is 13.2 Å². The Labute approximate surface area is 131 Å². The highest BCUT2D eigenvalue weighted by Gasteiger charge is 2.53. The molecular weight excluding hydrogens is 337 g/mol. The van der Waals surface area contributed by atoms with Gasteiger partial charge in [-0.2, -0.15) is 17.5 Å². The fraction of sp³-hybridized carbons (Fsp3) is 0.462. The number of hydroxylamine groups is 1. The molecule has 1 aromatic carbocycles. The number of amides is 1. The SMILES string of the molecule is CC(C)[C@@H](C(=O)NO)N(Cc1ccccc1)S(=O)(=O)C(F)(F)F. The Hall–Kier alpha value is -1.65. The molecule has 0 saturated carbocycles. The van der Waals surface area contributed by atoms with E-state index in [0.717, 1.165) is 0 Å². The summed E-state index contributed by atoms with van der Waals surface area (Å²) >= 11 is 0. The zero-order valence-electron chi connectivity index (χ0n) is 12.4. The fourth-order valence-corrected chi connectivity index (χ4v) is 3.28. The second-order valence-corrected chi connectivity index (χ2v) is 7.03. The molecule has 0 spiro atoms. The first-order chi connectivity index (χ1) is 10.5. The van der Waals surface area contributed by atoms with Gasteiger partial charge in [-0.1, -0.05) is 44.2 Å². The number of nitrogens with zero attached hydrogens (tertiary/aromatic N) is 1. The maximum absolute atomic E-state index is 13.0. The predicted molar refractivity (Wildman–Crippen MR) is 75.5 cm³/mol. The number of hydrogen-bond donors (Lipinski definition) is 2. The first kappa shape index (κ1) is 19.4. The Morgan fingerprint density at radius 2 is 1.78 bits per heavy atom. The van der Waals surface area contributed by atoms with E-state index in [2.05, 4.69) is 0 Å². The van der Waals surface area contributed by atoms with Gasteiger partial charge >= 0.3 is 15.5 Å². The van der Waals surface area contributed by atoms with Gasteiger partial charge in [-0.3, -0.25) is 10.0 Å². The molecule has 23 heavy (non-hydrogen) atoms. The van der Waals surface area contributed by atoms with Gasteiger partial charge in [0.25, 0.3) is 5.91 Å². The van der Waals surface area contributed by atoms with Crippen LogP contribution in [0.3, 0.4) is 0 Å². The van der Waals surface area contributed by atoms with Crippen LogP contribution in [0.25, 0.3) is 0 Å². The Kier molecular flexibility index (Phi) is 6.14. The topological polar surface area (TPSA) is 86.7 Å². The Balaban J connectivity index is 3.39. The zero-order valence-corrected chi connectivity index (χ0v) is 13.2. The molecule has 1 aromatic rings. The lowest BCUT2D eigenvalue weighted by Crippen LogP contribution is -2.54. The molecule has 130 valence electrons. The van der Waals surface area contributed by atoms with Crippen LogP contribution in [0.2, 0.25) is 0 Å². The minimum absolute atomic E-state index is 0.0541. The maximum Gasteiger partial charge on any atom is 0.511 e. The zero-order chi connectivity index (χ0) is 17.8. The van der Waals surface area contributed by atoms with E-state index >= 15 is 0 Å². The summed E-state index contributed by atoms with van der Waals surface area (Å²) in [7, 11) is -5.77. The lowest BCUT2D eigenvalue weighted by molar-refractivity contribution is -0.135. The van der Waals surface area contributed by atoms with Crippen LogP contribution in [0.5, 0.6) is 0 Å². The molecule has 0 bridgehead atoms. The number of alkyl halides is 3. The molecule has 0 aliphatic heterocycles. The van der Waals surface area contributed by atoms with E-state index < -0.39 is 39.9 Å². The van der Waals surface area contributed by atoms with Gasteiger partial charge in [-0.15, -0.1) is 0 Å². The number of rotatable bonds is 6. The standard InChI is InChI=1S/C13H17F3N2O4S/c1-9(2)11(12(19)17-20)18(23(21,22)13(14,15)16)8-10-6-4-3-5-7-10/h3-7,9,11,20H,8H2,1-2H3,(H,17,19)/t11-/m0/s1. The number of carbonyl (C=O) groups excluding carboxylic acids is 1. The second kappa shape index (κ2) is 7.28. The second-order valence-electron chi connectivity index (χ2n) is 5.15. The van der Waals surface area contributed by atoms with Crippen LogP contribution in [0.15, 0.2) is 30.3 Å². The van der Waals surface area contributed by atoms with Gasteiger partial charge in [0.2, 0.25) is 0 Å². The van der Waals surface area contributed by atoms with Crippen molar-refractivity contribution in [2.75, 3.05) is 0 Å². The summed E-state index contributed by atoms with van der Waals surface area (Å²) < 4.78 is 62.6. The molecule has 1 rings (SSSR count). The molecule has 0 aliphatic rings. The van der Waals surface area contributed by atoms with E-state index in [-0.39, 0.29) is 9.87 Å². The van der Waals surface area contributed by atoms with Crippen molar-refractivity contribution in [2.45, 2.75) is 31.9 Å². The normalized spacial score (nSPS) is 14.1. The third kappa shape index (κ3) is 4.43. The summed E-state index contributed by atoms with van der Waals surface area (Å²) in [5.74, 6) is -2.04. The number of halogens is 3. The Bertz CT molecular complexity index is 632. The van der Waals surface area contributed by atoms with Crippen LogP contribution in [-0.2, 0) is 21.4 Å². The molecule has 0 saturated heterocycles. The number of hydrogen-bond acceptors (Lipinski definition) is 4. The quantitative estimate of drug-likeness (QED) is 0.603. The van der Waals surface area contributed by atoms with Gasteiger partial charge in [-0.05, 0) is 11.5 Å². The van der Waals surface area contributed by atoms with E-state index in [9.17, 15) is 26.4 Å².